The number of esters is 1. The van der Waals surface area contributed by atoms with Crippen LogP contribution in [0.5, 0.6) is 23.0 Å². The lowest BCUT2D eigenvalue weighted by atomic mass is 10.1. The number of aromatic nitrogens is 1. The number of aromatic hydroxyl groups is 1. The minimum Gasteiger partial charge on any atom is -0.504 e. The Labute approximate surface area is 196 Å². The molecule has 0 amide bonds. The van der Waals surface area contributed by atoms with Crippen LogP contribution < -0.4 is 14.2 Å². The minimum absolute atomic E-state index is 0.00365. The lowest BCUT2D eigenvalue weighted by Gasteiger charge is -2.10. The molecule has 176 valence electrons. The van der Waals surface area contributed by atoms with E-state index in [9.17, 15) is 14.7 Å². The Morgan fingerprint density at radius 3 is 2.68 bits per heavy atom. The van der Waals surface area contributed by atoms with E-state index in [4.69, 9.17) is 18.9 Å². The Kier molecular flexibility index (Phi) is 6.58. The Hall–Kier alpha value is -4.20. The van der Waals surface area contributed by atoms with Crippen molar-refractivity contribution in [3.05, 3.63) is 76.6 Å². The summed E-state index contributed by atoms with van der Waals surface area (Å²) in [6.45, 7) is 4.22. The predicted octanol–water partition coefficient (Wildman–Crippen LogP) is 4.04. The number of ether oxygens (including phenoxy) is 4. The van der Waals surface area contributed by atoms with E-state index in [1.807, 2.05) is 36.6 Å². The molecule has 1 aliphatic rings. The van der Waals surface area contributed by atoms with Gasteiger partial charge in [0.15, 0.2) is 29.6 Å². The van der Waals surface area contributed by atoms with E-state index >= 15 is 0 Å². The van der Waals surface area contributed by atoms with Crippen LogP contribution in [-0.2, 0) is 16.1 Å². The zero-order valence-corrected chi connectivity index (χ0v) is 19.2. The van der Waals surface area contributed by atoms with Crippen LogP contribution in [0.1, 0.15) is 32.9 Å². The first-order valence-corrected chi connectivity index (χ1v) is 10.7. The van der Waals surface area contributed by atoms with Gasteiger partial charge in [-0.25, -0.2) is 4.79 Å². The number of rotatable bonds is 8. The molecule has 2 heterocycles. The summed E-state index contributed by atoms with van der Waals surface area (Å²) in [5.41, 5.74) is 3.89. The normalized spacial score (nSPS) is 12.2. The number of phenolic OH excluding ortho intramolecular Hbond substituents is 1. The molecule has 0 atom stereocenters. The zero-order valence-electron chi connectivity index (χ0n) is 19.2. The molecular formula is C26H25NO7. The molecule has 0 unspecified atom stereocenters. The SMILES string of the molecule is COc1cc(C=CC(=O)OCC(=O)c2cc(C)n(Cc3ccc4c(c3)OCO4)c2C)ccc1O. The molecule has 0 saturated heterocycles. The van der Waals surface area contributed by atoms with Crippen LogP contribution in [0.25, 0.3) is 6.08 Å². The van der Waals surface area contributed by atoms with Gasteiger partial charge in [-0.1, -0.05) is 12.1 Å². The van der Waals surface area contributed by atoms with E-state index in [-0.39, 0.29) is 24.9 Å². The summed E-state index contributed by atoms with van der Waals surface area (Å²) in [6, 6.07) is 12.2. The molecule has 0 fully saturated rings. The first kappa shape index (κ1) is 23.0. The molecule has 1 aromatic heterocycles. The molecule has 0 spiro atoms. The van der Waals surface area contributed by atoms with Crippen LogP contribution in [0.3, 0.4) is 0 Å². The number of benzene rings is 2. The van der Waals surface area contributed by atoms with Gasteiger partial charge in [0.2, 0.25) is 12.6 Å². The molecule has 2 aromatic carbocycles. The number of Topliss-reactive ketones (excluding diaryl/α,β-unsaturated/α-hetero) is 1. The molecular weight excluding hydrogens is 438 g/mol. The molecule has 8 nitrogen and oxygen atoms in total. The molecule has 0 aliphatic carbocycles. The molecule has 0 radical (unpaired) electrons. The number of hydrogen-bond donors (Lipinski definition) is 1. The van der Waals surface area contributed by atoms with Crippen molar-refractivity contribution in [2.24, 2.45) is 0 Å². The second kappa shape index (κ2) is 9.74. The van der Waals surface area contributed by atoms with Gasteiger partial charge in [-0.3, -0.25) is 4.79 Å². The maximum absolute atomic E-state index is 12.7. The van der Waals surface area contributed by atoms with Crippen LogP contribution in [0.4, 0.5) is 0 Å². The maximum atomic E-state index is 12.7. The molecule has 1 aliphatic heterocycles. The fraction of sp³-hybridized carbons (Fsp3) is 0.231. The summed E-state index contributed by atoms with van der Waals surface area (Å²) in [5.74, 6) is 0.807. The van der Waals surface area contributed by atoms with Crippen LogP contribution in [0.2, 0.25) is 0 Å². The first-order valence-electron chi connectivity index (χ1n) is 10.7. The number of hydrogen-bond acceptors (Lipinski definition) is 7. The van der Waals surface area contributed by atoms with Crippen molar-refractivity contribution in [2.75, 3.05) is 20.5 Å². The van der Waals surface area contributed by atoms with Crippen LogP contribution in [0, 0.1) is 13.8 Å². The summed E-state index contributed by atoms with van der Waals surface area (Å²) in [6.07, 6.45) is 2.74. The van der Waals surface area contributed by atoms with Crippen molar-refractivity contribution in [2.45, 2.75) is 20.4 Å². The van der Waals surface area contributed by atoms with Gasteiger partial charge in [0.1, 0.15) is 0 Å². The van der Waals surface area contributed by atoms with Gasteiger partial charge in [0.05, 0.1) is 7.11 Å². The van der Waals surface area contributed by atoms with E-state index in [0.29, 0.717) is 29.2 Å². The molecule has 34 heavy (non-hydrogen) atoms. The summed E-state index contributed by atoms with van der Waals surface area (Å²) in [7, 11) is 1.44. The van der Waals surface area contributed by atoms with E-state index < -0.39 is 5.97 Å². The van der Waals surface area contributed by atoms with Gasteiger partial charge in [0.25, 0.3) is 0 Å². The summed E-state index contributed by atoms with van der Waals surface area (Å²) >= 11 is 0. The van der Waals surface area contributed by atoms with Gasteiger partial charge in [0, 0.05) is 29.6 Å². The number of carbonyl (C=O) groups is 2. The minimum atomic E-state index is -0.644. The lowest BCUT2D eigenvalue weighted by Crippen LogP contribution is -2.13. The van der Waals surface area contributed by atoms with E-state index in [2.05, 4.69) is 0 Å². The number of aryl methyl sites for hydroxylation is 1. The third kappa shape index (κ3) is 4.91. The average Bonchev–Trinajstić information content (AvgIpc) is 3.41. The zero-order chi connectivity index (χ0) is 24.2. The highest BCUT2D eigenvalue weighted by Gasteiger charge is 2.18. The van der Waals surface area contributed by atoms with Crippen LogP contribution >= 0.6 is 0 Å². The molecule has 1 N–H and O–H groups in total. The summed E-state index contributed by atoms with van der Waals surface area (Å²) in [5, 5.41) is 9.64. The van der Waals surface area contributed by atoms with E-state index in [1.165, 1.54) is 25.3 Å². The van der Waals surface area contributed by atoms with Crippen LogP contribution in [-0.4, -0.2) is 41.9 Å². The average molecular weight is 463 g/mol. The topological polar surface area (TPSA) is 96.2 Å². The fourth-order valence-electron chi connectivity index (χ4n) is 3.77. The standard InChI is InChI=1S/C26H25NO7/c1-16-10-20(17(2)27(16)13-19-5-8-23-25(12-19)34-15-33-23)22(29)14-32-26(30)9-6-18-4-7-21(28)24(11-18)31-3/h4-12,28H,13-15H2,1-3H3. The lowest BCUT2D eigenvalue weighted by molar-refractivity contribution is -0.136. The van der Waals surface area contributed by atoms with E-state index in [0.717, 1.165) is 22.7 Å². The van der Waals surface area contributed by atoms with Gasteiger partial charge in [-0.05, 0) is 61.4 Å². The van der Waals surface area contributed by atoms with E-state index in [1.54, 1.807) is 18.2 Å². The van der Waals surface area contributed by atoms with Gasteiger partial charge < -0.3 is 28.6 Å². The Balaban J connectivity index is 1.38. The number of carbonyl (C=O) groups excluding carboxylic acids is 2. The first-order chi connectivity index (χ1) is 16.4. The number of ketones is 1. The quantitative estimate of drug-likeness (QED) is 0.306. The Morgan fingerprint density at radius 1 is 1.09 bits per heavy atom. The summed E-state index contributed by atoms with van der Waals surface area (Å²) in [4.78, 5) is 24.8. The second-order valence-corrected chi connectivity index (χ2v) is 7.85. The largest absolute Gasteiger partial charge is 0.504 e. The molecule has 3 aromatic rings. The highest BCUT2D eigenvalue weighted by atomic mass is 16.7. The second-order valence-electron chi connectivity index (χ2n) is 7.85. The molecule has 8 heteroatoms. The number of fused-ring (bicyclic) bond motifs is 1. The van der Waals surface area contributed by atoms with Gasteiger partial charge >= 0.3 is 5.97 Å². The third-order valence-corrected chi connectivity index (χ3v) is 5.61. The number of methoxy groups -OCH3 is 1. The van der Waals surface area contributed by atoms with Crippen molar-refractivity contribution in [1.82, 2.24) is 4.57 Å². The van der Waals surface area contributed by atoms with Gasteiger partial charge in [-0.15, -0.1) is 0 Å². The highest BCUT2D eigenvalue weighted by molar-refractivity contribution is 6.00. The highest BCUT2D eigenvalue weighted by Crippen LogP contribution is 2.33. The molecule has 4 rings (SSSR count). The van der Waals surface area contributed by atoms with Crippen molar-refractivity contribution >= 4 is 17.8 Å². The molecule has 0 bridgehead atoms. The molecule has 0 saturated carbocycles. The van der Waals surface area contributed by atoms with Crippen LogP contribution in [0.15, 0.2) is 48.5 Å². The third-order valence-electron chi connectivity index (χ3n) is 5.61. The number of nitrogens with zero attached hydrogens (tertiary/aromatic N) is 1. The smallest absolute Gasteiger partial charge is 0.331 e. The number of phenols is 1. The van der Waals surface area contributed by atoms with Crippen molar-refractivity contribution in [3.8, 4) is 23.0 Å². The van der Waals surface area contributed by atoms with Crippen molar-refractivity contribution in [3.63, 3.8) is 0 Å². The monoisotopic (exact) mass is 463 g/mol. The Bertz CT molecular complexity index is 1270. The predicted molar refractivity (Wildman–Crippen MR) is 125 cm³/mol. The Morgan fingerprint density at radius 2 is 1.88 bits per heavy atom. The summed E-state index contributed by atoms with van der Waals surface area (Å²) < 4.78 is 23.0. The van der Waals surface area contributed by atoms with Crippen molar-refractivity contribution in [1.29, 1.82) is 0 Å². The van der Waals surface area contributed by atoms with Crippen molar-refractivity contribution < 1.29 is 33.6 Å². The van der Waals surface area contributed by atoms with Gasteiger partial charge in [-0.2, -0.15) is 0 Å². The fourth-order valence-corrected chi connectivity index (χ4v) is 3.77. The maximum Gasteiger partial charge on any atom is 0.331 e.